The average Bonchev–Trinajstić information content (AvgIpc) is 2.60. The first-order chi connectivity index (χ1) is 12.1. The normalized spacial score (nSPS) is 27.8. The second-order valence-corrected chi connectivity index (χ2v) is 9.99. The Hall–Kier alpha value is -1.29. The Morgan fingerprint density at radius 1 is 1.27 bits per heavy atom. The lowest BCUT2D eigenvalue weighted by atomic mass is 9.76. The van der Waals surface area contributed by atoms with Gasteiger partial charge >= 0.3 is 0 Å². The van der Waals surface area contributed by atoms with Crippen LogP contribution in [-0.2, 0) is 10.2 Å². The fraction of sp³-hybridized carbons (Fsp3) is 0.765. The molecule has 3 heterocycles. The topological polar surface area (TPSA) is 89.9 Å². The van der Waals surface area contributed by atoms with Crippen molar-refractivity contribution in [1.29, 1.82) is 0 Å². The van der Waals surface area contributed by atoms with Gasteiger partial charge in [0.2, 0.25) is 0 Å². The average molecular weight is 384 g/mol. The molecule has 1 aromatic rings. The molecular formula is C17H29N5O3S. The van der Waals surface area contributed by atoms with Gasteiger partial charge in [0.05, 0.1) is 5.60 Å². The van der Waals surface area contributed by atoms with E-state index in [1.165, 1.54) is 8.61 Å². The van der Waals surface area contributed by atoms with Crippen molar-refractivity contribution < 1.29 is 13.5 Å². The second kappa shape index (κ2) is 7.03. The molecule has 0 aliphatic carbocycles. The largest absolute Gasteiger partial charge is 0.389 e. The molecule has 8 nitrogen and oxygen atoms in total. The van der Waals surface area contributed by atoms with Gasteiger partial charge < -0.3 is 10.0 Å². The van der Waals surface area contributed by atoms with Crippen molar-refractivity contribution in [2.75, 3.05) is 45.2 Å². The monoisotopic (exact) mass is 383 g/mol. The minimum atomic E-state index is -3.47. The fourth-order valence-corrected chi connectivity index (χ4v) is 5.06. The molecule has 0 spiro atoms. The predicted molar refractivity (Wildman–Crippen MR) is 100 cm³/mol. The molecule has 9 heteroatoms. The maximum absolute atomic E-state index is 12.5. The van der Waals surface area contributed by atoms with Crippen LogP contribution in [0.25, 0.3) is 0 Å². The summed E-state index contributed by atoms with van der Waals surface area (Å²) in [6.45, 7) is 6.20. The standard InChI is InChI=1S/C17H29N5O3S/c1-13(2)15-9-18-12-19-16(15)21-7-5-17(23)6-8-22(11-14(17)10-21)26(24,25)20(3)4/h9,12-14,23H,5-8,10-11H2,1-4H3/t14-,17-/m1/s1. The van der Waals surface area contributed by atoms with Gasteiger partial charge in [0.1, 0.15) is 12.1 Å². The Kier molecular flexibility index (Phi) is 5.26. The predicted octanol–water partition coefficient (Wildman–Crippen LogP) is 0.670. The second-order valence-electron chi connectivity index (χ2n) is 7.85. The number of fused-ring (bicyclic) bond motifs is 1. The van der Waals surface area contributed by atoms with E-state index in [1.54, 1.807) is 20.4 Å². The Bertz CT molecular complexity index is 755. The van der Waals surface area contributed by atoms with Gasteiger partial charge in [-0.2, -0.15) is 17.0 Å². The third-order valence-electron chi connectivity index (χ3n) is 5.66. The third-order valence-corrected chi connectivity index (χ3v) is 7.57. The van der Waals surface area contributed by atoms with Crippen LogP contribution < -0.4 is 4.90 Å². The van der Waals surface area contributed by atoms with Gasteiger partial charge in [-0.25, -0.2) is 9.97 Å². The van der Waals surface area contributed by atoms with Gasteiger partial charge in [0.15, 0.2) is 0 Å². The van der Waals surface area contributed by atoms with Crippen LogP contribution in [0.2, 0.25) is 0 Å². The van der Waals surface area contributed by atoms with Crippen molar-refractivity contribution >= 4 is 16.0 Å². The van der Waals surface area contributed by atoms with Crippen molar-refractivity contribution in [3.8, 4) is 0 Å². The van der Waals surface area contributed by atoms with Crippen molar-refractivity contribution in [2.45, 2.75) is 38.2 Å². The minimum absolute atomic E-state index is 0.144. The lowest BCUT2D eigenvalue weighted by molar-refractivity contribution is -0.0695. The smallest absolute Gasteiger partial charge is 0.281 e. The molecule has 2 atom stereocenters. The van der Waals surface area contributed by atoms with Crippen LogP contribution in [0.5, 0.6) is 0 Å². The molecule has 26 heavy (non-hydrogen) atoms. The molecule has 0 aromatic carbocycles. The molecule has 2 aliphatic rings. The summed E-state index contributed by atoms with van der Waals surface area (Å²) in [7, 11) is -0.388. The summed E-state index contributed by atoms with van der Waals surface area (Å²) in [5.74, 6) is 1.04. The summed E-state index contributed by atoms with van der Waals surface area (Å²) in [4.78, 5) is 10.8. The lowest BCUT2D eigenvalue weighted by Gasteiger charge is -2.50. The molecule has 146 valence electrons. The zero-order valence-corrected chi connectivity index (χ0v) is 16.8. The van der Waals surface area contributed by atoms with E-state index in [0.29, 0.717) is 44.9 Å². The molecule has 2 saturated heterocycles. The Labute approximate surface area is 156 Å². The van der Waals surface area contributed by atoms with Crippen LogP contribution in [0.4, 0.5) is 5.82 Å². The van der Waals surface area contributed by atoms with Crippen LogP contribution >= 0.6 is 0 Å². The molecule has 0 amide bonds. The minimum Gasteiger partial charge on any atom is -0.389 e. The SMILES string of the molecule is CC(C)c1cncnc1N1CC[C@@]2(O)CCN(S(=O)(=O)N(C)C)C[C@H]2C1. The van der Waals surface area contributed by atoms with E-state index in [1.807, 2.05) is 6.20 Å². The molecule has 1 aromatic heterocycles. The van der Waals surface area contributed by atoms with E-state index in [0.717, 1.165) is 11.4 Å². The lowest BCUT2D eigenvalue weighted by Crippen LogP contribution is -2.61. The Morgan fingerprint density at radius 2 is 1.96 bits per heavy atom. The number of hydrogen-bond donors (Lipinski definition) is 1. The van der Waals surface area contributed by atoms with Crippen LogP contribution in [0.15, 0.2) is 12.5 Å². The number of aromatic nitrogens is 2. The van der Waals surface area contributed by atoms with Gasteiger partial charge in [-0.1, -0.05) is 13.8 Å². The molecule has 0 saturated carbocycles. The van der Waals surface area contributed by atoms with E-state index in [2.05, 4.69) is 28.7 Å². The highest BCUT2D eigenvalue weighted by Gasteiger charge is 2.48. The molecule has 0 bridgehead atoms. The van der Waals surface area contributed by atoms with E-state index >= 15 is 0 Å². The van der Waals surface area contributed by atoms with Gasteiger partial charge in [0.25, 0.3) is 10.2 Å². The maximum atomic E-state index is 12.5. The number of anilines is 1. The Balaban J connectivity index is 1.83. The highest BCUT2D eigenvalue weighted by atomic mass is 32.2. The third kappa shape index (κ3) is 3.45. The fourth-order valence-electron chi connectivity index (χ4n) is 3.91. The van der Waals surface area contributed by atoms with Crippen LogP contribution in [0.3, 0.4) is 0 Å². The van der Waals surface area contributed by atoms with Crippen molar-refractivity contribution in [1.82, 2.24) is 18.6 Å². The molecule has 2 aliphatic heterocycles. The number of nitrogens with zero attached hydrogens (tertiary/aromatic N) is 5. The summed E-state index contributed by atoms with van der Waals surface area (Å²) in [6.07, 6.45) is 4.48. The summed E-state index contributed by atoms with van der Waals surface area (Å²) in [5.41, 5.74) is 0.270. The summed E-state index contributed by atoms with van der Waals surface area (Å²) >= 11 is 0. The first kappa shape index (κ1) is 19.5. The zero-order chi connectivity index (χ0) is 19.1. The molecule has 0 unspecified atom stereocenters. The van der Waals surface area contributed by atoms with Crippen molar-refractivity contribution in [3.63, 3.8) is 0 Å². The summed E-state index contributed by atoms with van der Waals surface area (Å²) in [5, 5.41) is 11.1. The summed E-state index contributed by atoms with van der Waals surface area (Å²) in [6, 6.07) is 0. The van der Waals surface area contributed by atoms with Crippen molar-refractivity contribution in [2.24, 2.45) is 5.92 Å². The van der Waals surface area contributed by atoms with Crippen LogP contribution in [0, 0.1) is 5.92 Å². The van der Waals surface area contributed by atoms with Gasteiger partial charge in [-0.3, -0.25) is 0 Å². The number of hydrogen-bond acceptors (Lipinski definition) is 6. The van der Waals surface area contributed by atoms with E-state index in [9.17, 15) is 13.5 Å². The number of aliphatic hydroxyl groups is 1. The Morgan fingerprint density at radius 3 is 2.62 bits per heavy atom. The van der Waals surface area contributed by atoms with E-state index in [-0.39, 0.29) is 5.92 Å². The van der Waals surface area contributed by atoms with Crippen LogP contribution in [-0.4, -0.2) is 78.0 Å². The van der Waals surface area contributed by atoms with E-state index < -0.39 is 15.8 Å². The quantitative estimate of drug-likeness (QED) is 0.822. The molecule has 3 rings (SSSR count). The van der Waals surface area contributed by atoms with Crippen LogP contribution in [0.1, 0.15) is 38.2 Å². The summed E-state index contributed by atoms with van der Waals surface area (Å²) < 4.78 is 27.7. The van der Waals surface area contributed by atoms with E-state index in [4.69, 9.17) is 0 Å². The molecule has 0 radical (unpaired) electrons. The maximum Gasteiger partial charge on any atom is 0.281 e. The molecule has 2 fully saturated rings. The zero-order valence-electron chi connectivity index (χ0n) is 16.0. The van der Waals surface area contributed by atoms with Gasteiger partial charge in [0, 0.05) is 58.0 Å². The number of rotatable bonds is 4. The molecule has 1 N–H and O–H groups in total. The molecular weight excluding hydrogens is 354 g/mol. The highest BCUT2D eigenvalue weighted by Crippen LogP contribution is 2.38. The van der Waals surface area contributed by atoms with Gasteiger partial charge in [-0.05, 0) is 18.8 Å². The number of piperidine rings is 2. The van der Waals surface area contributed by atoms with Crippen molar-refractivity contribution in [3.05, 3.63) is 18.1 Å². The first-order valence-corrected chi connectivity index (χ1v) is 10.5. The first-order valence-electron chi connectivity index (χ1n) is 9.10. The highest BCUT2D eigenvalue weighted by molar-refractivity contribution is 7.86. The van der Waals surface area contributed by atoms with Gasteiger partial charge in [-0.15, -0.1) is 0 Å².